The standard InChI is InChI=1S/C4H7ClO.C4H8O/c1-2-3-4(5)6;1-2-4-5-3-1/h2-3H2,1H3;1-4H2. The van der Waals surface area contributed by atoms with E-state index in [1.54, 1.807) is 0 Å². The maximum absolute atomic E-state index is 9.81. The minimum atomic E-state index is -0.238. The van der Waals surface area contributed by atoms with E-state index in [-0.39, 0.29) is 5.24 Å². The lowest BCUT2D eigenvalue weighted by molar-refractivity contribution is -0.111. The number of carbonyl (C=O) groups is 1. The fourth-order valence-electron chi connectivity index (χ4n) is 0.707. The third-order valence-electron chi connectivity index (χ3n) is 1.27. The summed E-state index contributed by atoms with van der Waals surface area (Å²) in [5.74, 6) is 0. The van der Waals surface area contributed by atoms with E-state index in [0.717, 1.165) is 19.6 Å². The molecule has 2 nitrogen and oxygen atoms in total. The van der Waals surface area contributed by atoms with Crippen molar-refractivity contribution in [2.75, 3.05) is 13.2 Å². The van der Waals surface area contributed by atoms with Crippen LogP contribution in [0.3, 0.4) is 0 Å². The van der Waals surface area contributed by atoms with E-state index >= 15 is 0 Å². The number of ether oxygens (including phenoxy) is 1. The summed E-state index contributed by atoms with van der Waals surface area (Å²) in [6, 6.07) is 0. The Kier molecular flexibility index (Phi) is 7.96. The first-order valence-corrected chi connectivity index (χ1v) is 4.41. The molecule has 0 aromatic rings. The van der Waals surface area contributed by atoms with Gasteiger partial charge >= 0.3 is 0 Å². The van der Waals surface area contributed by atoms with Crippen LogP contribution in [0, 0.1) is 0 Å². The lowest BCUT2D eigenvalue weighted by Crippen LogP contribution is -1.79. The van der Waals surface area contributed by atoms with Gasteiger partial charge in [-0.05, 0) is 30.9 Å². The fourth-order valence-corrected chi connectivity index (χ4v) is 0.896. The largest absolute Gasteiger partial charge is 0.381 e. The molecule has 0 N–H and O–H groups in total. The number of carbonyl (C=O) groups excluding carboxylic acids is 1. The summed E-state index contributed by atoms with van der Waals surface area (Å²) in [6.07, 6.45) is 3.91. The van der Waals surface area contributed by atoms with Crippen LogP contribution < -0.4 is 0 Å². The van der Waals surface area contributed by atoms with Crippen molar-refractivity contribution in [3.8, 4) is 0 Å². The Morgan fingerprint density at radius 2 is 2.00 bits per heavy atom. The second kappa shape index (κ2) is 8.02. The van der Waals surface area contributed by atoms with Crippen molar-refractivity contribution in [3.63, 3.8) is 0 Å². The molecule has 1 heterocycles. The second-order valence-electron chi connectivity index (χ2n) is 2.42. The summed E-state index contributed by atoms with van der Waals surface area (Å²) in [4.78, 5) is 9.81. The molecule has 1 rings (SSSR count). The van der Waals surface area contributed by atoms with Gasteiger partial charge in [-0.15, -0.1) is 0 Å². The maximum Gasteiger partial charge on any atom is 0.221 e. The van der Waals surface area contributed by atoms with Crippen LogP contribution in [0.4, 0.5) is 0 Å². The van der Waals surface area contributed by atoms with Gasteiger partial charge in [0.05, 0.1) is 0 Å². The average Bonchev–Trinajstić information content (AvgIpc) is 2.41. The Balaban J connectivity index is 0.000000183. The second-order valence-corrected chi connectivity index (χ2v) is 2.85. The van der Waals surface area contributed by atoms with Gasteiger partial charge in [-0.3, -0.25) is 4.79 Å². The predicted octanol–water partition coefficient (Wildman–Crippen LogP) is 2.35. The van der Waals surface area contributed by atoms with Gasteiger partial charge in [0, 0.05) is 19.6 Å². The first kappa shape index (κ1) is 10.9. The summed E-state index contributed by atoms with van der Waals surface area (Å²) in [5, 5.41) is -0.238. The van der Waals surface area contributed by atoms with Crippen LogP contribution in [0.25, 0.3) is 0 Å². The predicted molar refractivity (Wildman–Crippen MR) is 45.8 cm³/mol. The molecular weight excluding hydrogens is 164 g/mol. The zero-order valence-electron chi connectivity index (χ0n) is 6.94. The van der Waals surface area contributed by atoms with E-state index in [9.17, 15) is 4.79 Å². The molecule has 0 atom stereocenters. The summed E-state index contributed by atoms with van der Waals surface area (Å²) in [6.45, 7) is 3.92. The third-order valence-corrected chi connectivity index (χ3v) is 1.46. The summed E-state index contributed by atoms with van der Waals surface area (Å²) < 4.78 is 4.94. The molecule has 0 saturated carbocycles. The number of hydrogen-bond donors (Lipinski definition) is 0. The van der Waals surface area contributed by atoms with Crippen molar-refractivity contribution < 1.29 is 9.53 Å². The summed E-state index contributed by atoms with van der Waals surface area (Å²) in [7, 11) is 0. The number of rotatable bonds is 2. The Morgan fingerprint density at radius 1 is 1.45 bits per heavy atom. The van der Waals surface area contributed by atoms with E-state index in [2.05, 4.69) is 0 Å². The maximum atomic E-state index is 9.81. The molecule has 1 aliphatic heterocycles. The van der Waals surface area contributed by atoms with Crippen molar-refractivity contribution in [2.45, 2.75) is 32.6 Å². The zero-order chi connectivity index (χ0) is 8.53. The summed E-state index contributed by atoms with van der Waals surface area (Å²) in [5.41, 5.74) is 0. The van der Waals surface area contributed by atoms with E-state index < -0.39 is 0 Å². The molecule has 0 aromatic carbocycles. The van der Waals surface area contributed by atoms with Gasteiger partial charge in [0.2, 0.25) is 5.24 Å². The van der Waals surface area contributed by atoms with Crippen molar-refractivity contribution in [1.82, 2.24) is 0 Å². The van der Waals surface area contributed by atoms with Crippen LogP contribution in [0.15, 0.2) is 0 Å². The minimum Gasteiger partial charge on any atom is -0.381 e. The van der Waals surface area contributed by atoms with Gasteiger partial charge in [0.25, 0.3) is 0 Å². The highest BCUT2D eigenvalue weighted by Gasteiger charge is 1.94. The SMILES string of the molecule is C1CCOC1.CCCC(=O)Cl. The van der Waals surface area contributed by atoms with E-state index in [0.29, 0.717) is 6.42 Å². The molecule has 11 heavy (non-hydrogen) atoms. The molecule has 0 aromatic heterocycles. The average molecular weight is 179 g/mol. The third kappa shape index (κ3) is 9.92. The molecule has 0 unspecified atom stereocenters. The lowest BCUT2D eigenvalue weighted by atomic mass is 10.4. The van der Waals surface area contributed by atoms with Crippen LogP contribution in [0.5, 0.6) is 0 Å². The van der Waals surface area contributed by atoms with Gasteiger partial charge in [0.15, 0.2) is 0 Å². The molecule has 0 spiro atoms. The molecule has 0 radical (unpaired) electrons. The number of halogens is 1. The molecule has 1 aliphatic rings. The van der Waals surface area contributed by atoms with E-state index in [1.165, 1.54) is 12.8 Å². The van der Waals surface area contributed by atoms with Crippen molar-refractivity contribution >= 4 is 16.8 Å². The molecular formula is C8H15ClO2. The van der Waals surface area contributed by atoms with E-state index in [1.807, 2.05) is 6.92 Å². The van der Waals surface area contributed by atoms with Crippen LogP contribution in [0.2, 0.25) is 0 Å². The van der Waals surface area contributed by atoms with Gasteiger partial charge in [-0.1, -0.05) is 6.92 Å². The van der Waals surface area contributed by atoms with Crippen molar-refractivity contribution in [1.29, 1.82) is 0 Å². The smallest absolute Gasteiger partial charge is 0.221 e. The van der Waals surface area contributed by atoms with E-state index in [4.69, 9.17) is 16.3 Å². The zero-order valence-corrected chi connectivity index (χ0v) is 7.69. The molecule has 0 aliphatic carbocycles. The Bertz CT molecular complexity index is 92.7. The molecule has 0 amide bonds. The quantitative estimate of drug-likeness (QED) is 0.607. The van der Waals surface area contributed by atoms with Crippen LogP contribution in [0.1, 0.15) is 32.6 Å². The lowest BCUT2D eigenvalue weighted by Gasteiger charge is -1.77. The highest BCUT2D eigenvalue weighted by atomic mass is 35.5. The van der Waals surface area contributed by atoms with Crippen molar-refractivity contribution in [2.24, 2.45) is 0 Å². The molecule has 66 valence electrons. The van der Waals surface area contributed by atoms with Crippen LogP contribution in [-0.2, 0) is 9.53 Å². The van der Waals surface area contributed by atoms with Crippen molar-refractivity contribution in [3.05, 3.63) is 0 Å². The first-order chi connectivity index (χ1) is 5.27. The molecule has 1 saturated heterocycles. The van der Waals surface area contributed by atoms with Crippen LogP contribution >= 0.6 is 11.6 Å². The molecule has 3 heteroatoms. The first-order valence-electron chi connectivity index (χ1n) is 4.03. The monoisotopic (exact) mass is 178 g/mol. The van der Waals surface area contributed by atoms with Gasteiger partial charge in [-0.2, -0.15) is 0 Å². The molecule has 1 fully saturated rings. The fraction of sp³-hybridized carbons (Fsp3) is 0.875. The highest BCUT2D eigenvalue weighted by molar-refractivity contribution is 6.63. The topological polar surface area (TPSA) is 26.3 Å². The minimum absolute atomic E-state index is 0.238. The van der Waals surface area contributed by atoms with Gasteiger partial charge in [-0.25, -0.2) is 0 Å². The summed E-state index contributed by atoms with van der Waals surface area (Å²) >= 11 is 4.94. The number of hydrogen-bond acceptors (Lipinski definition) is 2. The molecule has 0 bridgehead atoms. The Hall–Kier alpha value is -0.0800. The normalized spacial score (nSPS) is 15.5. The van der Waals surface area contributed by atoms with Gasteiger partial charge in [0.1, 0.15) is 0 Å². The Morgan fingerprint density at radius 3 is 2.09 bits per heavy atom. The Labute approximate surface area is 72.9 Å². The highest BCUT2D eigenvalue weighted by Crippen LogP contribution is 1.98. The van der Waals surface area contributed by atoms with Crippen LogP contribution in [-0.4, -0.2) is 18.5 Å². The van der Waals surface area contributed by atoms with Gasteiger partial charge < -0.3 is 4.74 Å².